The molecule has 4 rings (SSSR count). The highest BCUT2D eigenvalue weighted by Crippen LogP contribution is 2.41. The summed E-state index contributed by atoms with van der Waals surface area (Å²) in [6, 6.07) is 13.4. The van der Waals surface area contributed by atoms with Gasteiger partial charge in [0, 0.05) is 18.7 Å². The highest BCUT2D eigenvalue weighted by Gasteiger charge is 2.46. The molecule has 0 aliphatic carbocycles. The third-order valence-electron chi connectivity index (χ3n) is 5.29. The van der Waals surface area contributed by atoms with Crippen LogP contribution in [0, 0.1) is 5.82 Å². The summed E-state index contributed by atoms with van der Waals surface area (Å²) in [7, 11) is 1.65. The molecule has 27 heavy (non-hydrogen) atoms. The lowest BCUT2D eigenvalue weighted by atomic mass is 9.94. The van der Waals surface area contributed by atoms with E-state index >= 15 is 0 Å². The first-order valence-corrected chi connectivity index (χ1v) is 9.15. The van der Waals surface area contributed by atoms with E-state index in [1.54, 1.807) is 7.11 Å². The Hall–Kier alpha value is -2.82. The molecule has 2 fully saturated rings. The summed E-state index contributed by atoms with van der Waals surface area (Å²) in [6.07, 6.45) is 4.68. The first-order valence-electron chi connectivity index (χ1n) is 9.15. The monoisotopic (exact) mass is 367 g/mol. The van der Waals surface area contributed by atoms with Crippen LogP contribution in [0.4, 0.5) is 4.39 Å². The number of hydrogen-bond donors (Lipinski definition) is 0. The molecule has 0 N–H and O–H groups in total. The molecule has 0 amide bonds. The average Bonchev–Trinajstić information content (AvgIpc) is 2.91. The van der Waals surface area contributed by atoms with Crippen LogP contribution >= 0.6 is 0 Å². The van der Waals surface area contributed by atoms with Crippen LogP contribution in [0.5, 0.6) is 5.75 Å². The van der Waals surface area contributed by atoms with Crippen molar-refractivity contribution >= 4 is 12.0 Å². The number of hydrogen-bond acceptors (Lipinski definition) is 4. The standard InChI is InChI=1S/C22H22FNO3/c1-26-20-9-3-16(4-10-20)13-19-14-22(11-2-12-24(19)15-22)27-21(25)17-5-7-18(23)8-6-17/h3-10,13H,2,11-12,14-15H2,1H3/b19-13+. The van der Waals surface area contributed by atoms with Crippen molar-refractivity contribution in [2.24, 2.45) is 0 Å². The molecule has 2 aromatic rings. The molecule has 2 aliphatic heterocycles. The number of nitrogens with zero attached hydrogens (tertiary/aromatic N) is 1. The molecule has 0 radical (unpaired) electrons. The number of rotatable bonds is 4. The number of benzene rings is 2. The summed E-state index contributed by atoms with van der Waals surface area (Å²) in [5, 5.41) is 0. The molecule has 5 heteroatoms. The van der Waals surface area contributed by atoms with E-state index in [2.05, 4.69) is 11.0 Å². The summed E-state index contributed by atoms with van der Waals surface area (Å²) in [4.78, 5) is 14.8. The van der Waals surface area contributed by atoms with Crippen LogP contribution in [0.1, 0.15) is 35.2 Å². The second-order valence-electron chi connectivity index (χ2n) is 7.19. The van der Waals surface area contributed by atoms with Crippen LogP contribution < -0.4 is 4.74 Å². The molecule has 1 atom stereocenters. The SMILES string of the molecule is COc1ccc(/C=C2\CC3(OC(=O)c4ccc(F)cc4)CCCN2C3)cc1. The molecule has 2 bridgehead atoms. The zero-order valence-corrected chi connectivity index (χ0v) is 15.3. The first-order chi connectivity index (χ1) is 13.1. The van der Waals surface area contributed by atoms with Crippen LogP contribution in [0.2, 0.25) is 0 Å². The second kappa shape index (κ2) is 7.06. The fourth-order valence-electron chi connectivity index (χ4n) is 3.93. The van der Waals surface area contributed by atoms with Crippen molar-refractivity contribution < 1.29 is 18.7 Å². The van der Waals surface area contributed by atoms with Gasteiger partial charge in [-0.15, -0.1) is 0 Å². The molecular formula is C22H22FNO3. The molecule has 0 aromatic heterocycles. The normalized spacial score (nSPS) is 22.7. The fraction of sp³-hybridized carbons (Fsp3) is 0.318. The molecule has 1 unspecified atom stereocenters. The molecule has 2 heterocycles. The van der Waals surface area contributed by atoms with Crippen LogP contribution in [0.25, 0.3) is 6.08 Å². The number of ether oxygens (including phenoxy) is 2. The lowest BCUT2D eigenvalue weighted by Crippen LogP contribution is -2.42. The molecule has 2 saturated heterocycles. The van der Waals surface area contributed by atoms with E-state index in [4.69, 9.17) is 9.47 Å². The Kier molecular flexibility index (Phi) is 4.60. The minimum atomic E-state index is -0.498. The summed E-state index contributed by atoms with van der Waals surface area (Å²) in [5.41, 5.74) is 2.17. The second-order valence-corrected chi connectivity index (χ2v) is 7.19. The largest absolute Gasteiger partial charge is 0.497 e. The number of piperidine rings is 1. The number of methoxy groups -OCH3 is 1. The number of halogens is 1. The smallest absolute Gasteiger partial charge is 0.338 e. The van der Waals surface area contributed by atoms with Gasteiger partial charge in [-0.25, -0.2) is 9.18 Å². The van der Waals surface area contributed by atoms with Crippen molar-refractivity contribution in [3.63, 3.8) is 0 Å². The van der Waals surface area contributed by atoms with E-state index in [0.29, 0.717) is 18.5 Å². The van der Waals surface area contributed by atoms with Gasteiger partial charge in [-0.2, -0.15) is 0 Å². The Morgan fingerprint density at radius 3 is 2.59 bits per heavy atom. The average molecular weight is 367 g/mol. The van der Waals surface area contributed by atoms with E-state index in [-0.39, 0.29) is 11.8 Å². The summed E-state index contributed by atoms with van der Waals surface area (Å²) in [6.45, 7) is 1.68. The van der Waals surface area contributed by atoms with E-state index in [0.717, 1.165) is 30.7 Å². The van der Waals surface area contributed by atoms with Crippen LogP contribution in [0.15, 0.2) is 54.2 Å². The maximum Gasteiger partial charge on any atom is 0.338 e. The molecule has 2 aromatic carbocycles. The maximum absolute atomic E-state index is 13.1. The number of carbonyl (C=O) groups is 1. The highest BCUT2D eigenvalue weighted by molar-refractivity contribution is 5.89. The third kappa shape index (κ3) is 3.68. The van der Waals surface area contributed by atoms with Crippen molar-refractivity contribution in [2.45, 2.75) is 24.9 Å². The summed E-state index contributed by atoms with van der Waals surface area (Å²) in [5.74, 6) is 0.0778. The minimum Gasteiger partial charge on any atom is -0.497 e. The quantitative estimate of drug-likeness (QED) is 0.757. The Morgan fingerprint density at radius 2 is 1.89 bits per heavy atom. The zero-order valence-electron chi connectivity index (χ0n) is 15.3. The van der Waals surface area contributed by atoms with Crippen molar-refractivity contribution in [1.82, 2.24) is 4.90 Å². The molecule has 140 valence electrons. The number of fused-ring (bicyclic) bond motifs is 2. The highest BCUT2D eigenvalue weighted by atomic mass is 19.1. The van der Waals surface area contributed by atoms with Crippen molar-refractivity contribution in [3.8, 4) is 5.75 Å². The van der Waals surface area contributed by atoms with Gasteiger partial charge in [0.05, 0.1) is 19.2 Å². The molecule has 0 saturated carbocycles. The lowest BCUT2D eigenvalue weighted by molar-refractivity contribution is -0.0270. The molecule has 2 aliphatic rings. The predicted molar refractivity (Wildman–Crippen MR) is 101 cm³/mol. The minimum absolute atomic E-state index is 0.362. The van der Waals surface area contributed by atoms with Crippen LogP contribution in [-0.4, -0.2) is 36.7 Å². The lowest BCUT2D eigenvalue weighted by Gasteiger charge is -2.33. The maximum atomic E-state index is 13.1. The predicted octanol–water partition coefficient (Wildman–Crippen LogP) is 4.27. The topological polar surface area (TPSA) is 38.8 Å². The zero-order chi connectivity index (χ0) is 18.9. The Morgan fingerprint density at radius 1 is 1.15 bits per heavy atom. The molecule has 0 spiro atoms. The van der Waals surface area contributed by atoms with E-state index in [9.17, 15) is 9.18 Å². The van der Waals surface area contributed by atoms with Gasteiger partial charge in [-0.05, 0) is 60.9 Å². The van der Waals surface area contributed by atoms with E-state index in [1.807, 2.05) is 24.3 Å². The van der Waals surface area contributed by atoms with Crippen LogP contribution in [-0.2, 0) is 4.74 Å². The number of carbonyl (C=O) groups excluding carboxylic acids is 1. The molecular weight excluding hydrogens is 345 g/mol. The van der Waals surface area contributed by atoms with Crippen LogP contribution in [0.3, 0.4) is 0 Å². The Balaban J connectivity index is 1.52. The molecule has 4 nitrogen and oxygen atoms in total. The van der Waals surface area contributed by atoms with E-state index < -0.39 is 5.60 Å². The van der Waals surface area contributed by atoms with Gasteiger partial charge < -0.3 is 14.4 Å². The van der Waals surface area contributed by atoms with Crippen molar-refractivity contribution in [2.75, 3.05) is 20.2 Å². The number of esters is 1. The van der Waals surface area contributed by atoms with Gasteiger partial charge in [0.25, 0.3) is 0 Å². The van der Waals surface area contributed by atoms with Gasteiger partial charge in [-0.1, -0.05) is 12.1 Å². The van der Waals surface area contributed by atoms with Crippen molar-refractivity contribution in [3.05, 3.63) is 71.2 Å². The van der Waals surface area contributed by atoms with Gasteiger partial charge >= 0.3 is 5.97 Å². The first kappa shape index (κ1) is 17.6. The van der Waals surface area contributed by atoms with Gasteiger partial charge in [0.15, 0.2) is 0 Å². The Labute approximate surface area is 158 Å². The van der Waals surface area contributed by atoms with Gasteiger partial charge in [-0.3, -0.25) is 0 Å². The Bertz CT molecular complexity index is 860. The van der Waals surface area contributed by atoms with Gasteiger partial charge in [0.2, 0.25) is 0 Å². The van der Waals surface area contributed by atoms with Gasteiger partial charge in [0.1, 0.15) is 17.2 Å². The van der Waals surface area contributed by atoms with Crippen molar-refractivity contribution in [1.29, 1.82) is 0 Å². The van der Waals surface area contributed by atoms with E-state index in [1.165, 1.54) is 30.0 Å². The summed E-state index contributed by atoms with van der Waals surface area (Å²) >= 11 is 0. The summed E-state index contributed by atoms with van der Waals surface area (Å²) < 4.78 is 24.2. The fourth-order valence-corrected chi connectivity index (χ4v) is 3.93. The third-order valence-corrected chi connectivity index (χ3v) is 5.29.